The van der Waals surface area contributed by atoms with Gasteiger partial charge < -0.3 is 24.1 Å². The molecule has 220 valence electrons. The average Bonchev–Trinajstić information content (AvgIpc) is 3.25. The molecule has 11 nitrogen and oxygen atoms in total. The topological polar surface area (TPSA) is 130 Å². The quantitative estimate of drug-likeness (QED) is 0.350. The molecule has 1 fully saturated rings. The summed E-state index contributed by atoms with van der Waals surface area (Å²) < 4.78 is 82.7. The second-order valence-corrected chi connectivity index (χ2v) is 13.0. The summed E-state index contributed by atoms with van der Waals surface area (Å²) in [6, 6.07) is 1.00. The molecule has 0 radical (unpaired) electrons. The molecule has 4 rings (SSSR count). The lowest BCUT2D eigenvalue weighted by molar-refractivity contribution is -0.190. The van der Waals surface area contributed by atoms with Crippen molar-refractivity contribution in [3.63, 3.8) is 0 Å². The Hall–Kier alpha value is -3.04. The number of halogens is 3. The number of rotatable bonds is 10. The maximum atomic E-state index is 14.0. The molecule has 0 aromatic carbocycles. The van der Waals surface area contributed by atoms with Crippen LogP contribution >= 0.6 is 0 Å². The van der Waals surface area contributed by atoms with Gasteiger partial charge in [-0.3, -0.25) is 0 Å². The van der Waals surface area contributed by atoms with E-state index >= 15 is 0 Å². The van der Waals surface area contributed by atoms with E-state index in [9.17, 15) is 21.6 Å². The third-order valence-electron chi connectivity index (χ3n) is 6.76. The van der Waals surface area contributed by atoms with Gasteiger partial charge in [-0.05, 0) is 53.0 Å². The van der Waals surface area contributed by atoms with Gasteiger partial charge in [0.05, 0.1) is 11.7 Å². The maximum absolute atomic E-state index is 14.0. The highest BCUT2D eigenvalue weighted by Crippen LogP contribution is 2.37. The van der Waals surface area contributed by atoms with Crippen LogP contribution in [0.15, 0.2) is 24.5 Å². The molecule has 3 aromatic rings. The van der Waals surface area contributed by atoms with Gasteiger partial charge >= 0.3 is 12.2 Å². The molecule has 4 heterocycles. The first-order valence-corrected chi connectivity index (χ1v) is 14.7. The Morgan fingerprint density at radius 2 is 1.93 bits per heavy atom. The number of anilines is 2. The van der Waals surface area contributed by atoms with Gasteiger partial charge in [0.15, 0.2) is 16.1 Å². The van der Waals surface area contributed by atoms with E-state index in [-0.39, 0.29) is 41.1 Å². The molecular formula is C25H33F3N6O5S. The zero-order chi connectivity index (χ0) is 29.3. The minimum absolute atomic E-state index is 0.0725. The first-order valence-electron chi connectivity index (χ1n) is 12.8. The van der Waals surface area contributed by atoms with E-state index < -0.39 is 39.2 Å². The van der Waals surface area contributed by atoms with Gasteiger partial charge in [-0.25, -0.2) is 23.4 Å². The molecule has 1 saturated heterocycles. The fourth-order valence-electron chi connectivity index (χ4n) is 3.99. The number of alkyl halides is 3. The Balaban J connectivity index is 1.61. The summed E-state index contributed by atoms with van der Waals surface area (Å²) in [7, 11) is -3.40. The Kier molecular flexibility index (Phi) is 8.57. The summed E-state index contributed by atoms with van der Waals surface area (Å²) in [5.74, 6) is 0.564. The van der Waals surface area contributed by atoms with E-state index in [4.69, 9.17) is 14.2 Å². The third kappa shape index (κ3) is 6.81. The molecule has 1 aliphatic heterocycles. The summed E-state index contributed by atoms with van der Waals surface area (Å²) in [6.07, 6.45) is 0.553. The van der Waals surface area contributed by atoms with Gasteiger partial charge in [-0.15, -0.1) is 0 Å². The Labute approximate surface area is 230 Å². The first-order chi connectivity index (χ1) is 18.7. The summed E-state index contributed by atoms with van der Waals surface area (Å²) >= 11 is 0. The molecule has 0 saturated carbocycles. The molecule has 40 heavy (non-hydrogen) atoms. The van der Waals surface area contributed by atoms with Crippen LogP contribution in [0.25, 0.3) is 11.0 Å². The van der Waals surface area contributed by atoms with Crippen molar-refractivity contribution in [2.75, 3.05) is 24.8 Å². The minimum atomic E-state index is -4.54. The molecule has 2 unspecified atom stereocenters. The zero-order valence-corrected chi connectivity index (χ0v) is 23.7. The molecule has 1 N–H and O–H groups in total. The fraction of sp³-hybridized carbons (Fsp3) is 0.600. The molecule has 0 aliphatic carbocycles. The third-order valence-corrected chi connectivity index (χ3v) is 8.89. The van der Waals surface area contributed by atoms with E-state index in [0.29, 0.717) is 13.0 Å². The number of hydrogen-bond acceptors (Lipinski definition) is 10. The van der Waals surface area contributed by atoms with Crippen molar-refractivity contribution in [1.82, 2.24) is 24.5 Å². The number of imidazole rings is 1. The van der Waals surface area contributed by atoms with Crippen LogP contribution in [0, 0.1) is 0 Å². The van der Waals surface area contributed by atoms with E-state index in [1.165, 1.54) is 38.4 Å². The zero-order valence-electron chi connectivity index (χ0n) is 22.9. The highest BCUT2D eigenvalue weighted by Gasteiger charge is 2.40. The summed E-state index contributed by atoms with van der Waals surface area (Å²) in [5, 5.41) is 2.94. The molecule has 3 aromatic heterocycles. The van der Waals surface area contributed by atoms with Crippen LogP contribution in [0.3, 0.4) is 0 Å². The van der Waals surface area contributed by atoms with Crippen LogP contribution in [-0.2, 0) is 19.3 Å². The first kappa shape index (κ1) is 29.9. The SMILES string of the molecule is CC(OC1CCCCO1)c1nc2cnc(Nc3ccnc(OCC(C)(C)S(C)(=O)=O)n3)cc2n1[C@@H](C)C(F)(F)F. The van der Waals surface area contributed by atoms with Crippen molar-refractivity contribution in [1.29, 1.82) is 0 Å². The van der Waals surface area contributed by atoms with E-state index in [0.717, 1.165) is 30.6 Å². The number of fused-ring (bicyclic) bond motifs is 1. The Morgan fingerprint density at radius 3 is 2.58 bits per heavy atom. The van der Waals surface area contributed by atoms with Crippen molar-refractivity contribution in [2.24, 2.45) is 0 Å². The molecular weight excluding hydrogens is 553 g/mol. The van der Waals surface area contributed by atoms with Gasteiger partial charge in [-0.2, -0.15) is 18.2 Å². The number of sulfone groups is 1. The van der Waals surface area contributed by atoms with Gasteiger partial charge in [0.25, 0.3) is 0 Å². The lowest BCUT2D eigenvalue weighted by atomic mass is 10.2. The molecule has 3 atom stereocenters. The number of pyridine rings is 1. The predicted molar refractivity (Wildman–Crippen MR) is 141 cm³/mol. The Morgan fingerprint density at radius 1 is 1.18 bits per heavy atom. The van der Waals surface area contributed by atoms with Gasteiger partial charge in [-0.1, -0.05) is 0 Å². The minimum Gasteiger partial charge on any atom is -0.462 e. The van der Waals surface area contributed by atoms with Gasteiger partial charge in [0, 0.05) is 25.1 Å². The Bertz CT molecular complexity index is 1440. The highest BCUT2D eigenvalue weighted by atomic mass is 32.2. The maximum Gasteiger partial charge on any atom is 0.408 e. The molecule has 15 heteroatoms. The smallest absolute Gasteiger partial charge is 0.408 e. The lowest BCUT2D eigenvalue weighted by Crippen LogP contribution is -2.37. The number of aromatic nitrogens is 5. The van der Waals surface area contributed by atoms with Gasteiger partial charge in [0.2, 0.25) is 0 Å². The number of nitrogens with one attached hydrogen (secondary N) is 1. The van der Waals surface area contributed by atoms with Crippen LogP contribution < -0.4 is 10.1 Å². The van der Waals surface area contributed by atoms with Crippen LogP contribution in [-0.4, -0.2) is 69.6 Å². The van der Waals surface area contributed by atoms with E-state index in [1.54, 1.807) is 6.92 Å². The lowest BCUT2D eigenvalue weighted by Gasteiger charge is -2.27. The number of ether oxygens (including phenoxy) is 3. The van der Waals surface area contributed by atoms with Crippen LogP contribution in [0.4, 0.5) is 24.8 Å². The number of nitrogens with zero attached hydrogens (tertiary/aromatic N) is 5. The molecule has 0 spiro atoms. The highest BCUT2D eigenvalue weighted by molar-refractivity contribution is 7.92. The van der Waals surface area contributed by atoms with Gasteiger partial charge in [0.1, 0.15) is 46.5 Å². The predicted octanol–water partition coefficient (Wildman–Crippen LogP) is 4.89. The normalized spacial score (nSPS) is 18.4. The van der Waals surface area contributed by atoms with Crippen molar-refractivity contribution in [3.05, 3.63) is 30.4 Å². The second kappa shape index (κ2) is 11.4. The molecule has 1 aliphatic rings. The summed E-state index contributed by atoms with van der Waals surface area (Å²) in [6.45, 7) is 6.13. The molecule has 0 bridgehead atoms. The van der Waals surface area contributed by atoms with Crippen LogP contribution in [0.1, 0.15) is 64.9 Å². The molecule has 0 amide bonds. The van der Waals surface area contributed by atoms with Crippen molar-refractivity contribution >= 4 is 32.5 Å². The fourth-order valence-corrected chi connectivity index (χ4v) is 4.26. The van der Waals surface area contributed by atoms with E-state index in [2.05, 4.69) is 25.3 Å². The summed E-state index contributed by atoms with van der Waals surface area (Å²) in [4.78, 5) is 16.9. The monoisotopic (exact) mass is 586 g/mol. The second-order valence-electron chi connectivity index (χ2n) is 10.4. The van der Waals surface area contributed by atoms with Crippen LogP contribution in [0.5, 0.6) is 6.01 Å². The van der Waals surface area contributed by atoms with Crippen LogP contribution in [0.2, 0.25) is 0 Å². The largest absolute Gasteiger partial charge is 0.462 e. The standard InChI is InChI=1S/C25H33F3N6O5S/c1-15(39-21-8-6-7-11-37-21)22-31-17-13-30-20(12-18(17)34(22)16(2)25(26,27)28)32-19-9-10-29-23(33-19)38-14-24(3,4)40(5,35)36/h9-10,12-13,15-16,21H,6-8,11,14H2,1-5H3,(H,29,30,32,33)/t15?,16-,21?/m0/s1. The van der Waals surface area contributed by atoms with Crippen molar-refractivity contribution in [2.45, 2.75) is 76.3 Å². The van der Waals surface area contributed by atoms with Crippen molar-refractivity contribution in [3.8, 4) is 6.01 Å². The van der Waals surface area contributed by atoms with E-state index in [1.807, 2.05) is 0 Å². The number of hydrogen-bond donors (Lipinski definition) is 1. The van der Waals surface area contributed by atoms with Crippen molar-refractivity contribution < 1.29 is 35.8 Å². The summed E-state index contributed by atoms with van der Waals surface area (Å²) in [5.41, 5.74) is 0.476. The average molecular weight is 587 g/mol.